The van der Waals surface area contributed by atoms with Crippen molar-refractivity contribution in [3.05, 3.63) is 64.7 Å². The normalized spacial score (nSPS) is 10.6. The highest BCUT2D eigenvalue weighted by Gasteiger charge is 2.17. The molecule has 2 rings (SSSR count). The lowest BCUT2D eigenvalue weighted by atomic mass is 10.0. The maximum absolute atomic E-state index is 12.9. The number of carbonyl (C=O) groups is 1. The summed E-state index contributed by atoms with van der Waals surface area (Å²) in [5.41, 5.74) is 10.6. The molecule has 1 amide bonds. The average Bonchev–Trinajstić information content (AvgIpc) is 2.54. The van der Waals surface area contributed by atoms with E-state index in [1.54, 1.807) is 4.90 Å². The minimum Gasteiger partial charge on any atom is -0.330 e. The molecule has 0 heterocycles. The molecule has 0 unspecified atom stereocenters. The third kappa shape index (κ3) is 4.20. The van der Waals surface area contributed by atoms with Crippen molar-refractivity contribution in [2.75, 3.05) is 18.5 Å². The van der Waals surface area contributed by atoms with Gasteiger partial charge in [0.15, 0.2) is 0 Å². The predicted octanol–water partition coefficient (Wildman–Crippen LogP) is 3.86. The van der Waals surface area contributed by atoms with Crippen LogP contribution in [0.5, 0.6) is 0 Å². The number of carbonyl (C=O) groups excluding carboxylic acids is 1. The van der Waals surface area contributed by atoms with Crippen LogP contribution in [0.3, 0.4) is 0 Å². The van der Waals surface area contributed by atoms with Crippen LogP contribution < -0.4 is 10.6 Å². The van der Waals surface area contributed by atoms with Crippen LogP contribution in [0.4, 0.5) is 5.69 Å². The number of benzene rings is 2. The van der Waals surface area contributed by atoms with Crippen LogP contribution in [0.15, 0.2) is 42.5 Å². The van der Waals surface area contributed by atoms with Crippen molar-refractivity contribution in [2.24, 2.45) is 5.73 Å². The molecule has 0 saturated heterocycles. The molecular formula is C20H26N2O. The molecule has 0 aliphatic heterocycles. The Bertz CT molecular complexity index is 659. The molecule has 122 valence electrons. The third-order valence-corrected chi connectivity index (χ3v) is 4.22. The molecule has 0 aliphatic rings. The number of amides is 1. The van der Waals surface area contributed by atoms with E-state index in [9.17, 15) is 4.79 Å². The van der Waals surface area contributed by atoms with Crippen molar-refractivity contribution in [2.45, 2.75) is 33.1 Å². The van der Waals surface area contributed by atoms with Gasteiger partial charge in [-0.3, -0.25) is 4.79 Å². The first-order chi connectivity index (χ1) is 11.0. The van der Waals surface area contributed by atoms with Crippen molar-refractivity contribution in [3.8, 4) is 0 Å². The number of nitrogens with two attached hydrogens (primary N) is 1. The highest BCUT2D eigenvalue weighted by atomic mass is 16.2. The highest BCUT2D eigenvalue weighted by Crippen LogP contribution is 2.21. The van der Waals surface area contributed by atoms with Crippen molar-refractivity contribution < 1.29 is 4.79 Å². The van der Waals surface area contributed by atoms with E-state index in [-0.39, 0.29) is 5.91 Å². The molecule has 0 bridgehead atoms. The first kappa shape index (κ1) is 17.2. The van der Waals surface area contributed by atoms with Gasteiger partial charge in [-0.2, -0.15) is 0 Å². The van der Waals surface area contributed by atoms with Gasteiger partial charge in [-0.15, -0.1) is 0 Å². The van der Waals surface area contributed by atoms with Crippen LogP contribution in [-0.2, 0) is 6.42 Å². The molecule has 0 saturated carbocycles. The Morgan fingerprint density at radius 3 is 2.35 bits per heavy atom. The molecule has 3 nitrogen and oxygen atoms in total. The number of hydrogen-bond acceptors (Lipinski definition) is 2. The SMILES string of the molecule is Cc1cccc(C)c1C(=O)N(C)c1cccc(CCCCN)c1. The zero-order valence-corrected chi connectivity index (χ0v) is 14.3. The van der Waals surface area contributed by atoms with Crippen LogP contribution >= 0.6 is 0 Å². The lowest BCUT2D eigenvalue weighted by molar-refractivity contribution is 0.0992. The first-order valence-corrected chi connectivity index (χ1v) is 8.18. The molecule has 0 radical (unpaired) electrons. The molecule has 0 atom stereocenters. The zero-order valence-electron chi connectivity index (χ0n) is 14.3. The Morgan fingerprint density at radius 2 is 1.70 bits per heavy atom. The topological polar surface area (TPSA) is 46.3 Å². The fourth-order valence-electron chi connectivity index (χ4n) is 2.83. The quantitative estimate of drug-likeness (QED) is 0.824. The van der Waals surface area contributed by atoms with Gasteiger partial charge < -0.3 is 10.6 Å². The van der Waals surface area contributed by atoms with E-state index < -0.39 is 0 Å². The molecule has 0 spiro atoms. The molecule has 2 aromatic carbocycles. The average molecular weight is 310 g/mol. The van der Waals surface area contributed by atoms with Crippen LogP contribution in [0, 0.1) is 13.8 Å². The fraction of sp³-hybridized carbons (Fsp3) is 0.350. The maximum atomic E-state index is 12.9. The summed E-state index contributed by atoms with van der Waals surface area (Å²) in [6.45, 7) is 4.69. The maximum Gasteiger partial charge on any atom is 0.258 e. The second-order valence-corrected chi connectivity index (χ2v) is 6.05. The summed E-state index contributed by atoms with van der Waals surface area (Å²) < 4.78 is 0. The largest absolute Gasteiger partial charge is 0.330 e. The Labute approximate surface area is 139 Å². The van der Waals surface area contributed by atoms with E-state index in [4.69, 9.17) is 5.73 Å². The van der Waals surface area contributed by atoms with Gasteiger partial charge in [0.2, 0.25) is 0 Å². The van der Waals surface area contributed by atoms with Gasteiger partial charge in [0.1, 0.15) is 0 Å². The molecule has 3 heteroatoms. The van der Waals surface area contributed by atoms with Crippen LogP contribution in [0.25, 0.3) is 0 Å². The first-order valence-electron chi connectivity index (χ1n) is 8.18. The van der Waals surface area contributed by atoms with Crippen molar-refractivity contribution in [1.29, 1.82) is 0 Å². The summed E-state index contributed by atoms with van der Waals surface area (Å²) >= 11 is 0. The monoisotopic (exact) mass is 310 g/mol. The van der Waals surface area contributed by atoms with E-state index >= 15 is 0 Å². The van der Waals surface area contributed by atoms with Crippen molar-refractivity contribution in [3.63, 3.8) is 0 Å². The molecule has 23 heavy (non-hydrogen) atoms. The summed E-state index contributed by atoms with van der Waals surface area (Å²) in [7, 11) is 1.84. The second-order valence-electron chi connectivity index (χ2n) is 6.05. The standard InChI is InChI=1S/C20H26N2O/c1-15-8-6-9-16(2)19(15)20(23)22(3)18-12-7-11-17(14-18)10-4-5-13-21/h6-9,11-12,14H,4-5,10,13,21H2,1-3H3. The van der Waals surface area contributed by atoms with Crippen LogP contribution in [0.1, 0.15) is 39.9 Å². The van der Waals surface area contributed by atoms with Gasteiger partial charge in [0.25, 0.3) is 5.91 Å². The minimum atomic E-state index is 0.0414. The Balaban J connectivity index is 2.21. The molecule has 0 fully saturated rings. The van der Waals surface area contributed by atoms with E-state index in [1.165, 1.54) is 5.56 Å². The van der Waals surface area contributed by atoms with E-state index in [1.807, 2.05) is 51.2 Å². The molecule has 0 aliphatic carbocycles. The molecule has 0 aromatic heterocycles. The summed E-state index contributed by atoms with van der Waals surface area (Å²) in [6, 6.07) is 14.2. The van der Waals surface area contributed by atoms with Gasteiger partial charge in [-0.25, -0.2) is 0 Å². The third-order valence-electron chi connectivity index (χ3n) is 4.22. The fourth-order valence-corrected chi connectivity index (χ4v) is 2.83. The highest BCUT2D eigenvalue weighted by molar-refractivity contribution is 6.07. The predicted molar refractivity (Wildman–Crippen MR) is 97.1 cm³/mol. The molecule has 2 N–H and O–H groups in total. The second kappa shape index (κ2) is 7.93. The number of nitrogens with zero attached hydrogens (tertiary/aromatic N) is 1. The van der Waals surface area contributed by atoms with Gasteiger partial charge in [0, 0.05) is 18.3 Å². The van der Waals surface area contributed by atoms with Gasteiger partial charge in [0.05, 0.1) is 0 Å². The number of aryl methyl sites for hydroxylation is 3. The minimum absolute atomic E-state index is 0.0414. The summed E-state index contributed by atoms with van der Waals surface area (Å²) in [6.07, 6.45) is 3.10. The number of hydrogen-bond donors (Lipinski definition) is 1. The van der Waals surface area contributed by atoms with Crippen LogP contribution in [0.2, 0.25) is 0 Å². The summed E-state index contributed by atoms with van der Waals surface area (Å²) in [5.74, 6) is 0.0414. The van der Waals surface area contributed by atoms with Crippen molar-refractivity contribution in [1.82, 2.24) is 0 Å². The van der Waals surface area contributed by atoms with Gasteiger partial charge in [-0.05, 0) is 68.5 Å². The van der Waals surface area contributed by atoms with Crippen LogP contribution in [-0.4, -0.2) is 19.5 Å². The molecular weight excluding hydrogens is 284 g/mol. The van der Waals surface area contributed by atoms with E-state index in [0.29, 0.717) is 0 Å². The van der Waals surface area contributed by atoms with Crippen molar-refractivity contribution >= 4 is 11.6 Å². The number of unbranched alkanes of at least 4 members (excludes halogenated alkanes) is 1. The Hall–Kier alpha value is -2.13. The zero-order chi connectivity index (χ0) is 16.8. The smallest absolute Gasteiger partial charge is 0.258 e. The Kier molecular flexibility index (Phi) is 5.94. The Morgan fingerprint density at radius 1 is 1.04 bits per heavy atom. The lowest BCUT2D eigenvalue weighted by Gasteiger charge is -2.20. The van der Waals surface area contributed by atoms with E-state index in [2.05, 4.69) is 12.1 Å². The number of rotatable bonds is 6. The van der Waals surface area contributed by atoms with Gasteiger partial charge >= 0.3 is 0 Å². The summed E-state index contributed by atoms with van der Waals surface area (Å²) in [4.78, 5) is 14.6. The molecule has 2 aromatic rings. The summed E-state index contributed by atoms with van der Waals surface area (Å²) in [5, 5.41) is 0. The van der Waals surface area contributed by atoms with E-state index in [0.717, 1.165) is 48.2 Å². The van der Waals surface area contributed by atoms with Gasteiger partial charge in [-0.1, -0.05) is 30.3 Å². The number of anilines is 1. The lowest BCUT2D eigenvalue weighted by Crippen LogP contribution is -2.27.